The van der Waals surface area contributed by atoms with E-state index in [4.69, 9.17) is 28.1 Å². The summed E-state index contributed by atoms with van der Waals surface area (Å²) < 4.78 is 0. The smallest absolute Gasteiger partial charge is 0.234 e. The fourth-order valence-corrected chi connectivity index (χ4v) is 6.55. The Bertz CT molecular complexity index is 1490. The van der Waals surface area contributed by atoms with Gasteiger partial charge in [-0.3, -0.25) is 19.8 Å². The van der Waals surface area contributed by atoms with E-state index >= 15 is 0 Å². The Morgan fingerprint density at radius 2 is 1.72 bits per heavy atom. The third-order valence-electron chi connectivity index (χ3n) is 8.99. The molecular formula is C32H39ClN8O2. The number of nitrogens with two attached hydrogens (primary N) is 2. The Morgan fingerprint density at radius 1 is 1.00 bits per heavy atom. The van der Waals surface area contributed by atoms with Gasteiger partial charge in [0.15, 0.2) is 5.82 Å². The minimum atomic E-state index is -0.257. The molecule has 3 saturated heterocycles. The largest absolute Gasteiger partial charge is 0.382 e. The number of anilines is 3. The highest BCUT2D eigenvalue weighted by molar-refractivity contribution is 6.36. The molecule has 4 heterocycles. The fraction of sp³-hybridized carbons (Fsp3) is 0.438. The number of piperidine rings is 2. The zero-order valence-corrected chi connectivity index (χ0v) is 25.3. The Balaban J connectivity index is 1.07. The SMILES string of the molecule is CC1(N)CCN(c2cnc(-c3cccc(N4CCN(Cc5ccc(C6CCC(=O)NC6=O)cc5)CC4)c3Cl)c(N)n2)CC1. The second-order valence-electron chi connectivity index (χ2n) is 12.3. The summed E-state index contributed by atoms with van der Waals surface area (Å²) in [4.78, 5) is 40.0. The van der Waals surface area contributed by atoms with Gasteiger partial charge in [-0.15, -0.1) is 0 Å². The number of nitrogens with zero attached hydrogens (tertiary/aromatic N) is 5. The first kappa shape index (κ1) is 29.3. The third kappa shape index (κ3) is 6.46. The summed E-state index contributed by atoms with van der Waals surface area (Å²) in [6, 6.07) is 14.2. The van der Waals surface area contributed by atoms with Crippen molar-refractivity contribution in [2.75, 3.05) is 54.8 Å². The molecule has 2 amide bonds. The predicted octanol–water partition coefficient (Wildman–Crippen LogP) is 3.54. The van der Waals surface area contributed by atoms with Gasteiger partial charge in [-0.05, 0) is 43.4 Å². The van der Waals surface area contributed by atoms with Gasteiger partial charge < -0.3 is 21.3 Å². The van der Waals surface area contributed by atoms with Gasteiger partial charge in [0.25, 0.3) is 0 Å². The number of imide groups is 1. The van der Waals surface area contributed by atoms with Crippen molar-refractivity contribution >= 4 is 40.7 Å². The van der Waals surface area contributed by atoms with Crippen LogP contribution in [0.2, 0.25) is 5.02 Å². The molecule has 0 radical (unpaired) electrons. The number of carbonyl (C=O) groups excluding carboxylic acids is 2. The maximum Gasteiger partial charge on any atom is 0.234 e. The molecule has 43 heavy (non-hydrogen) atoms. The third-order valence-corrected chi connectivity index (χ3v) is 9.39. The number of halogens is 1. The Labute approximate surface area is 257 Å². The van der Waals surface area contributed by atoms with Crippen LogP contribution in [0.3, 0.4) is 0 Å². The highest BCUT2D eigenvalue weighted by atomic mass is 35.5. The fourth-order valence-electron chi connectivity index (χ4n) is 6.22. The molecule has 1 unspecified atom stereocenters. The quantitative estimate of drug-likeness (QED) is 0.362. The zero-order valence-electron chi connectivity index (χ0n) is 24.6. The van der Waals surface area contributed by atoms with Crippen LogP contribution >= 0.6 is 11.6 Å². The average Bonchev–Trinajstić information content (AvgIpc) is 2.99. The van der Waals surface area contributed by atoms with E-state index in [0.717, 1.165) is 81.3 Å². The van der Waals surface area contributed by atoms with Crippen LogP contribution in [-0.4, -0.2) is 71.5 Å². The number of carbonyl (C=O) groups is 2. The van der Waals surface area contributed by atoms with E-state index in [-0.39, 0.29) is 23.3 Å². The average molecular weight is 603 g/mol. The van der Waals surface area contributed by atoms with Crippen LogP contribution in [0.4, 0.5) is 17.3 Å². The molecule has 1 atom stereocenters. The van der Waals surface area contributed by atoms with Gasteiger partial charge in [-0.2, -0.15) is 0 Å². The summed E-state index contributed by atoms with van der Waals surface area (Å²) >= 11 is 6.98. The van der Waals surface area contributed by atoms with Crippen LogP contribution in [0.5, 0.6) is 0 Å². The molecule has 2 aromatic carbocycles. The molecule has 0 aliphatic carbocycles. The van der Waals surface area contributed by atoms with Crippen molar-refractivity contribution in [1.29, 1.82) is 0 Å². The van der Waals surface area contributed by atoms with E-state index in [1.54, 1.807) is 6.20 Å². The summed E-state index contributed by atoms with van der Waals surface area (Å²) in [6.45, 7) is 8.05. The topological polar surface area (TPSA) is 134 Å². The molecule has 11 heteroatoms. The van der Waals surface area contributed by atoms with Crippen molar-refractivity contribution < 1.29 is 9.59 Å². The second kappa shape index (κ2) is 12.1. The van der Waals surface area contributed by atoms with Crippen molar-refractivity contribution in [3.8, 4) is 11.3 Å². The standard InChI is InChI=1S/C32H39ClN8O2/c1-32(35)11-13-41(14-12-32)26-19-36-29(30(34)37-26)24-3-2-4-25(28(24)33)40-17-15-39(16-18-40)20-21-5-7-22(8-6-21)23-9-10-27(42)38-31(23)43/h2-8,19,23H,9-18,20,35H2,1H3,(H2,34,37)(H,38,42,43). The minimum absolute atomic E-state index is 0.139. The number of aromatic nitrogens is 2. The lowest BCUT2D eigenvalue weighted by molar-refractivity contribution is -0.134. The van der Waals surface area contributed by atoms with Gasteiger partial charge >= 0.3 is 0 Å². The van der Waals surface area contributed by atoms with E-state index in [9.17, 15) is 9.59 Å². The molecule has 6 rings (SSSR count). The molecular weight excluding hydrogens is 564 g/mol. The van der Waals surface area contributed by atoms with E-state index in [1.807, 2.05) is 30.3 Å². The Kier molecular flexibility index (Phi) is 8.26. The van der Waals surface area contributed by atoms with Crippen LogP contribution < -0.4 is 26.6 Å². The van der Waals surface area contributed by atoms with Crippen molar-refractivity contribution in [2.45, 2.75) is 50.6 Å². The van der Waals surface area contributed by atoms with Gasteiger partial charge in [0.2, 0.25) is 11.8 Å². The number of amides is 2. The molecule has 5 N–H and O–H groups in total. The van der Waals surface area contributed by atoms with Gasteiger partial charge in [-0.1, -0.05) is 48.0 Å². The van der Waals surface area contributed by atoms with Gasteiger partial charge in [0, 0.05) is 63.3 Å². The molecule has 3 aliphatic rings. The molecule has 3 aliphatic heterocycles. The lowest BCUT2D eigenvalue weighted by Crippen LogP contribution is -2.48. The zero-order chi connectivity index (χ0) is 30.1. The van der Waals surface area contributed by atoms with E-state index in [2.05, 4.69) is 44.1 Å². The highest BCUT2D eigenvalue weighted by Crippen LogP contribution is 2.38. The highest BCUT2D eigenvalue weighted by Gasteiger charge is 2.29. The van der Waals surface area contributed by atoms with E-state index in [1.165, 1.54) is 5.56 Å². The van der Waals surface area contributed by atoms with Crippen LogP contribution in [0.15, 0.2) is 48.7 Å². The number of nitrogens with one attached hydrogen (secondary N) is 1. The number of piperazine rings is 1. The minimum Gasteiger partial charge on any atom is -0.382 e. The molecule has 0 bridgehead atoms. The molecule has 0 saturated carbocycles. The molecule has 1 aromatic heterocycles. The van der Waals surface area contributed by atoms with E-state index in [0.29, 0.717) is 29.4 Å². The summed E-state index contributed by atoms with van der Waals surface area (Å²) in [7, 11) is 0. The number of hydrogen-bond donors (Lipinski definition) is 3. The molecule has 10 nitrogen and oxygen atoms in total. The number of benzene rings is 2. The molecule has 3 aromatic rings. The van der Waals surface area contributed by atoms with Gasteiger partial charge in [-0.25, -0.2) is 9.97 Å². The summed E-state index contributed by atoms with van der Waals surface area (Å²) in [5, 5.41) is 3.07. The lowest BCUT2D eigenvalue weighted by atomic mass is 9.90. The maximum absolute atomic E-state index is 12.2. The van der Waals surface area contributed by atoms with Gasteiger partial charge in [0.05, 0.1) is 22.8 Å². The maximum atomic E-state index is 12.2. The predicted molar refractivity (Wildman–Crippen MR) is 170 cm³/mol. The summed E-state index contributed by atoms with van der Waals surface area (Å²) in [5.74, 6) is 0.488. The summed E-state index contributed by atoms with van der Waals surface area (Å²) in [5.41, 5.74) is 17.1. The molecule has 0 spiro atoms. The number of hydrogen-bond acceptors (Lipinski definition) is 9. The number of nitrogen functional groups attached to an aromatic ring is 1. The lowest BCUT2D eigenvalue weighted by Gasteiger charge is -2.37. The first-order valence-electron chi connectivity index (χ1n) is 15.0. The van der Waals surface area contributed by atoms with Crippen LogP contribution in [0.25, 0.3) is 11.3 Å². The number of rotatable bonds is 6. The second-order valence-corrected chi connectivity index (χ2v) is 12.6. The first-order valence-corrected chi connectivity index (χ1v) is 15.4. The summed E-state index contributed by atoms with van der Waals surface area (Å²) in [6.07, 6.45) is 4.52. The van der Waals surface area contributed by atoms with Crippen molar-refractivity contribution in [3.63, 3.8) is 0 Å². The first-order chi connectivity index (χ1) is 20.7. The monoisotopic (exact) mass is 602 g/mol. The normalized spacial score (nSPS) is 21.1. The Hall–Kier alpha value is -3.73. The van der Waals surface area contributed by atoms with Crippen molar-refractivity contribution in [3.05, 3.63) is 64.8 Å². The molecule has 226 valence electrons. The van der Waals surface area contributed by atoms with Crippen LogP contribution in [0.1, 0.15) is 49.7 Å². The Morgan fingerprint density at radius 3 is 2.40 bits per heavy atom. The van der Waals surface area contributed by atoms with Crippen LogP contribution in [-0.2, 0) is 16.1 Å². The van der Waals surface area contributed by atoms with Gasteiger partial charge in [0.1, 0.15) is 11.5 Å². The van der Waals surface area contributed by atoms with Crippen LogP contribution in [0, 0.1) is 0 Å². The van der Waals surface area contributed by atoms with Crippen molar-refractivity contribution in [2.24, 2.45) is 5.73 Å². The van der Waals surface area contributed by atoms with Crippen molar-refractivity contribution in [1.82, 2.24) is 20.2 Å². The van der Waals surface area contributed by atoms with E-state index < -0.39 is 0 Å². The molecule has 3 fully saturated rings.